The van der Waals surface area contributed by atoms with Crippen LogP contribution in [-0.2, 0) is 17.1 Å². The molecule has 0 atom stereocenters. The first-order chi connectivity index (χ1) is 13.5. The van der Waals surface area contributed by atoms with E-state index >= 15 is 0 Å². The summed E-state index contributed by atoms with van der Waals surface area (Å²) in [5.41, 5.74) is -0.679. The van der Waals surface area contributed by atoms with Gasteiger partial charge in [0, 0.05) is 17.3 Å². The number of hydrogen-bond donors (Lipinski definition) is 1. The van der Waals surface area contributed by atoms with Gasteiger partial charge in [-0.05, 0) is 54.8 Å². The number of carbonyl (C=O) groups excluding carboxylic acids is 1. The standard InChI is InChI=1S/C20H15F6NO2/c21-19(22,23)13-3-6-15(7-4-13)27-18(28)10-12-2-1-9-29-17-11-14(20(24,25)26)5-8-16(12)17/h3-8,10-11H,1-2,9H2,(H,27,28). The summed E-state index contributed by atoms with van der Waals surface area (Å²) < 4.78 is 81.9. The van der Waals surface area contributed by atoms with Crippen molar-refractivity contribution in [3.05, 3.63) is 65.2 Å². The molecule has 9 heteroatoms. The Bertz CT molecular complexity index is 929. The highest BCUT2D eigenvalue weighted by molar-refractivity contribution is 6.04. The van der Waals surface area contributed by atoms with Crippen LogP contribution in [0.1, 0.15) is 29.5 Å². The summed E-state index contributed by atoms with van der Waals surface area (Å²) in [5.74, 6) is -0.571. The molecule has 1 aliphatic heterocycles. The van der Waals surface area contributed by atoms with Crippen LogP contribution >= 0.6 is 0 Å². The second-order valence-electron chi connectivity index (χ2n) is 6.39. The minimum atomic E-state index is -4.52. The van der Waals surface area contributed by atoms with E-state index < -0.39 is 29.4 Å². The predicted molar refractivity (Wildman–Crippen MR) is 94.2 cm³/mol. The number of anilines is 1. The number of rotatable bonds is 2. The SMILES string of the molecule is O=C(C=C1CCCOc2cc(C(F)(F)F)ccc21)Nc1ccc(C(F)(F)F)cc1. The zero-order valence-electron chi connectivity index (χ0n) is 14.8. The lowest BCUT2D eigenvalue weighted by Crippen LogP contribution is -2.10. The fourth-order valence-electron chi connectivity index (χ4n) is 2.89. The van der Waals surface area contributed by atoms with Gasteiger partial charge >= 0.3 is 12.4 Å². The summed E-state index contributed by atoms with van der Waals surface area (Å²) in [4.78, 5) is 12.3. The molecular formula is C20H15F6NO2. The summed E-state index contributed by atoms with van der Waals surface area (Å²) in [6, 6.07) is 6.99. The van der Waals surface area contributed by atoms with E-state index in [0.29, 0.717) is 24.0 Å². The molecule has 0 fully saturated rings. The molecule has 1 aliphatic rings. The summed E-state index contributed by atoms with van der Waals surface area (Å²) in [7, 11) is 0. The van der Waals surface area contributed by atoms with Gasteiger partial charge < -0.3 is 10.1 Å². The summed E-state index contributed by atoms with van der Waals surface area (Å²) in [6.07, 6.45) is -6.88. The van der Waals surface area contributed by atoms with Gasteiger partial charge in [-0.1, -0.05) is 6.07 Å². The van der Waals surface area contributed by atoms with Crippen molar-refractivity contribution in [3.8, 4) is 5.75 Å². The van der Waals surface area contributed by atoms with Gasteiger partial charge in [-0.25, -0.2) is 0 Å². The Balaban J connectivity index is 1.82. The van der Waals surface area contributed by atoms with Crippen molar-refractivity contribution in [1.82, 2.24) is 0 Å². The number of hydrogen-bond acceptors (Lipinski definition) is 2. The van der Waals surface area contributed by atoms with Crippen molar-refractivity contribution in [2.45, 2.75) is 25.2 Å². The number of benzene rings is 2. The molecule has 3 rings (SSSR count). The first-order valence-electron chi connectivity index (χ1n) is 8.57. The Hall–Kier alpha value is -2.97. The quantitative estimate of drug-likeness (QED) is 0.489. The van der Waals surface area contributed by atoms with E-state index in [4.69, 9.17) is 4.74 Å². The van der Waals surface area contributed by atoms with E-state index in [0.717, 1.165) is 36.4 Å². The number of allylic oxidation sites excluding steroid dienone is 1. The molecule has 0 spiro atoms. The number of ether oxygens (including phenoxy) is 1. The zero-order valence-corrected chi connectivity index (χ0v) is 14.8. The average Bonchev–Trinajstić information content (AvgIpc) is 2.82. The van der Waals surface area contributed by atoms with Crippen molar-refractivity contribution in [2.75, 3.05) is 11.9 Å². The van der Waals surface area contributed by atoms with Crippen LogP contribution in [-0.4, -0.2) is 12.5 Å². The molecule has 2 aromatic carbocycles. The summed E-state index contributed by atoms with van der Waals surface area (Å²) in [5, 5.41) is 2.45. The van der Waals surface area contributed by atoms with E-state index in [-0.39, 0.29) is 18.0 Å². The third kappa shape index (κ3) is 5.10. The topological polar surface area (TPSA) is 38.3 Å². The highest BCUT2D eigenvalue weighted by Gasteiger charge is 2.32. The van der Waals surface area contributed by atoms with E-state index in [1.165, 1.54) is 12.1 Å². The van der Waals surface area contributed by atoms with Crippen LogP contribution in [0.15, 0.2) is 48.5 Å². The van der Waals surface area contributed by atoms with Gasteiger partial charge in [0.1, 0.15) is 5.75 Å². The number of halogens is 6. The smallest absolute Gasteiger partial charge is 0.416 e. The molecule has 2 aromatic rings. The van der Waals surface area contributed by atoms with Gasteiger partial charge in [-0.3, -0.25) is 4.79 Å². The average molecular weight is 415 g/mol. The maximum absolute atomic E-state index is 12.9. The van der Waals surface area contributed by atoms with Crippen molar-refractivity contribution < 1.29 is 35.9 Å². The van der Waals surface area contributed by atoms with Crippen molar-refractivity contribution in [1.29, 1.82) is 0 Å². The first-order valence-corrected chi connectivity index (χ1v) is 8.57. The van der Waals surface area contributed by atoms with Crippen LogP contribution in [0.25, 0.3) is 5.57 Å². The maximum Gasteiger partial charge on any atom is 0.416 e. The van der Waals surface area contributed by atoms with Crippen LogP contribution in [0, 0.1) is 0 Å². The van der Waals surface area contributed by atoms with Crippen LogP contribution in [0.2, 0.25) is 0 Å². The van der Waals surface area contributed by atoms with Gasteiger partial charge in [-0.2, -0.15) is 26.3 Å². The molecule has 29 heavy (non-hydrogen) atoms. The zero-order chi connectivity index (χ0) is 21.2. The molecule has 0 aliphatic carbocycles. The van der Waals surface area contributed by atoms with E-state index in [1.807, 2.05) is 0 Å². The van der Waals surface area contributed by atoms with Crippen molar-refractivity contribution >= 4 is 17.2 Å². The molecule has 0 saturated heterocycles. The molecule has 1 N–H and O–H groups in total. The number of amides is 1. The molecule has 0 bridgehead atoms. The fraction of sp³-hybridized carbons (Fsp3) is 0.250. The van der Waals surface area contributed by atoms with E-state index in [2.05, 4.69) is 5.32 Å². The molecular weight excluding hydrogens is 400 g/mol. The molecule has 1 heterocycles. The maximum atomic E-state index is 12.9. The largest absolute Gasteiger partial charge is 0.493 e. The Kier molecular flexibility index (Phi) is 5.59. The van der Waals surface area contributed by atoms with Gasteiger partial charge in [-0.15, -0.1) is 0 Å². The number of alkyl halides is 6. The normalized spacial score (nSPS) is 16.0. The fourth-order valence-corrected chi connectivity index (χ4v) is 2.89. The molecule has 0 unspecified atom stereocenters. The lowest BCUT2D eigenvalue weighted by molar-refractivity contribution is -0.138. The highest BCUT2D eigenvalue weighted by atomic mass is 19.4. The molecule has 0 aromatic heterocycles. The van der Waals surface area contributed by atoms with Crippen LogP contribution < -0.4 is 10.1 Å². The first kappa shape index (κ1) is 20.8. The van der Waals surface area contributed by atoms with Crippen molar-refractivity contribution in [3.63, 3.8) is 0 Å². The predicted octanol–water partition coefficient (Wildman–Crippen LogP) is 5.92. The highest BCUT2D eigenvalue weighted by Crippen LogP contribution is 2.38. The van der Waals surface area contributed by atoms with Gasteiger partial charge in [0.2, 0.25) is 5.91 Å². The minimum absolute atomic E-state index is 0.0332. The summed E-state index contributed by atoms with van der Waals surface area (Å²) in [6.45, 7) is 0.201. The Morgan fingerprint density at radius 3 is 2.17 bits per heavy atom. The van der Waals surface area contributed by atoms with Crippen LogP contribution in [0.4, 0.5) is 32.0 Å². The third-order valence-corrected chi connectivity index (χ3v) is 4.29. The lowest BCUT2D eigenvalue weighted by Gasteiger charge is -2.13. The second kappa shape index (κ2) is 7.81. The molecule has 154 valence electrons. The second-order valence-corrected chi connectivity index (χ2v) is 6.39. The number of carbonyl (C=O) groups is 1. The number of nitrogens with one attached hydrogen (secondary N) is 1. The minimum Gasteiger partial charge on any atom is -0.493 e. The molecule has 0 saturated carbocycles. The lowest BCUT2D eigenvalue weighted by atomic mass is 9.99. The molecule has 0 radical (unpaired) electrons. The van der Waals surface area contributed by atoms with Gasteiger partial charge in [0.05, 0.1) is 17.7 Å². The monoisotopic (exact) mass is 415 g/mol. The third-order valence-electron chi connectivity index (χ3n) is 4.29. The number of fused-ring (bicyclic) bond motifs is 1. The van der Waals surface area contributed by atoms with Crippen LogP contribution in [0.3, 0.4) is 0 Å². The summed E-state index contributed by atoms with van der Waals surface area (Å²) >= 11 is 0. The Morgan fingerprint density at radius 2 is 1.55 bits per heavy atom. The molecule has 3 nitrogen and oxygen atoms in total. The van der Waals surface area contributed by atoms with E-state index in [1.54, 1.807) is 0 Å². The van der Waals surface area contributed by atoms with Gasteiger partial charge in [0.25, 0.3) is 0 Å². The van der Waals surface area contributed by atoms with Crippen LogP contribution in [0.5, 0.6) is 5.75 Å². The van der Waals surface area contributed by atoms with Gasteiger partial charge in [0.15, 0.2) is 0 Å². The van der Waals surface area contributed by atoms with Crippen molar-refractivity contribution in [2.24, 2.45) is 0 Å². The molecule has 1 amide bonds. The Morgan fingerprint density at radius 1 is 0.931 bits per heavy atom. The van der Waals surface area contributed by atoms with E-state index in [9.17, 15) is 31.1 Å². The Labute approximate surface area is 162 Å².